The highest BCUT2D eigenvalue weighted by Crippen LogP contribution is 2.34. The molecule has 226 valence electrons. The van der Waals surface area contributed by atoms with E-state index in [2.05, 4.69) is 72.0 Å². The summed E-state index contributed by atoms with van der Waals surface area (Å²) < 4.78 is 16.8. The average Bonchev–Trinajstić information content (AvgIpc) is 3.74. The van der Waals surface area contributed by atoms with Gasteiger partial charge >= 0.3 is 0 Å². The molecule has 0 unspecified atom stereocenters. The molecule has 1 fully saturated rings. The molecule has 1 N–H and O–H groups in total. The van der Waals surface area contributed by atoms with E-state index < -0.39 is 5.82 Å². The Kier molecular flexibility index (Phi) is 7.15. The van der Waals surface area contributed by atoms with Crippen LogP contribution in [0.25, 0.3) is 33.5 Å². The van der Waals surface area contributed by atoms with Crippen LogP contribution in [0, 0.1) is 5.82 Å². The van der Waals surface area contributed by atoms with Gasteiger partial charge in [-0.25, -0.2) is 9.37 Å². The molecule has 1 saturated heterocycles. The molecule has 0 bridgehead atoms. The van der Waals surface area contributed by atoms with Gasteiger partial charge in [-0.05, 0) is 42.0 Å². The summed E-state index contributed by atoms with van der Waals surface area (Å²) in [5.74, 6) is 0.663. The van der Waals surface area contributed by atoms with Crippen LogP contribution >= 0.6 is 11.6 Å². The molecule has 0 aliphatic carbocycles. The molecular weight excluding hydrogens is 589 g/mol. The highest BCUT2D eigenvalue weighted by molar-refractivity contribution is 6.30. The Morgan fingerprint density at radius 2 is 1.67 bits per heavy atom. The molecule has 2 aromatic carbocycles. The second kappa shape index (κ2) is 11.6. The molecule has 0 spiro atoms. The Balaban J connectivity index is 0.987. The first-order valence-corrected chi connectivity index (χ1v) is 15.5. The zero-order chi connectivity index (χ0) is 30.3. The zero-order valence-electron chi connectivity index (χ0n) is 24.6. The number of nitrogens with one attached hydrogen (secondary N) is 1. The Labute approximate surface area is 264 Å². The van der Waals surface area contributed by atoms with Crippen molar-refractivity contribution in [2.45, 2.75) is 19.6 Å². The minimum atomic E-state index is -0.393. The summed E-state index contributed by atoms with van der Waals surface area (Å²) in [6.07, 6.45) is 3.64. The first-order valence-electron chi connectivity index (χ1n) is 15.2. The number of benzene rings is 2. The van der Waals surface area contributed by atoms with Gasteiger partial charge < -0.3 is 9.80 Å². The molecule has 4 aromatic heterocycles. The van der Waals surface area contributed by atoms with Gasteiger partial charge in [0, 0.05) is 67.7 Å². The van der Waals surface area contributed by atoms with Gasteiger partial charge in [-0.15, -0.1) is 0 Å². The van der Waals surface area contributed by atoms with Crippen molar-refractivity contribution in [1.82, 2.24) is 34.8 Å². The fourth-order valence-corrected chi connectivity index (χ4v) is 6.46. The van der Waals surface area contributed by atoms with E-state index in [4.69, 9.17) is 26.7 Å². The van der Waals surface area contributed by atoms with Crippen molar-refractivity contribution in [2.75, 3.05) is 42.5 Å². The van der Waals surface area contributed by atoms with E-state index >= 15 is 0 Å². The van der Waals surface area contributed by atoms with E-state index in [1.807, 2.05) is 18.3 Å². The van der Waals surface area contributed by atoms with Gasteiger partial charge in [-0.3, -0.25) is 19.7 Å². The van der Waals surface area contributed by atoms with Gasteiger partial charge in [-0.2, -0.15) is 10.2 Å². The number of hydrogen-bond acceptors (Lipinski definition) is 7. The van der Waals surface area contributed by atoms with Gasteiger partial charge in [0.25, 0.3) is 0 Å². The highest BCUT2D eigenvalue weighted by Gasteiger charge is 2.24. The van der Waals surface area contributed by atoms with E-state index in [-0.39, 0.29) is 0 Å². The fraction of sp³-hybridized carbons (Fsp3) is 0.235. The Morgan fingerprint density at radius 1 is 0.822 bits per heavy atom. The summed E-state index contributed by atoms with van der Waals surface area (Å²) in [7, 11) is 0. The number of hydrogen-bond donors (Lipinski definition) is 1. The fourth-order valence-electron chi connectivity index (χ4n) is 6.29. The van der Waals surface area contributed by atoms with Crippen molar-refractivity contribution in [1.29, 1.82) is 0 Å². The van der Waals surface area contributed by atoms with Crippen LogP contribution in [0.4, 0.5) is 15.9 Å². The summed E-state index contributed by atoms with van der Waals surface area (Å²) in [5, 5.41) is 12.6. The first kappa shape index (κ1) is 27.7. The third kappa shape index (κ3) is 5.51. The molecule has 45 heavy (non-hydrogen) atoms. The maximum absolute atomic E-state index is 14.7. The molecule has 0 radical (unpaired) electrons. The van der Waals surface area contributed by atoms with E-state index in [1.54, 1.807) is 12.3 Å². The zero-order valence-corrected chi connectivity index (χ0v) is 25.3. The van der Waals surface area contributed by atoms with Crippen molar-refractivity contribution in [3.63, 3.8) is 0 Å². The van der Waals surface area contributed by atoms with Crippen molar-refractivity contribution in [2.24, 2.45) is 0 Å². The SMILES string of the molecule is Fc1ccc(Cl)cc1-c1n[nH]cc1-c1ccc2ncc(N3CCn4nc(N5CCN(Cc6ccccc6)CC5)cc4C3)cc2n1. The smallest absolute Gasteiger partial charge is 0.151 e. The van der Waals surface area contributed by atoms with Gasteiger partial charge in [0.1, 0.15) is 11.5 Å². The lowest BCUT2D eigenvalue weighted by atomic mass is 10.0. The van der Waals surface area contributed by atoms with Crippen molar-refractivity contribution in [3.8, 4) is 22.5 Å². The van der Waals surface area contributed by atoms with Crippen LogP contribution in [0.5, 0.6) is 0 Å². The van der Waals surface area contributed by atoms with Crippen molar-refractivity contribution < 1.29 is 4.39 Å². The van der Waals surface area contributed by atoms with Gasteiger partial charge in [-0.1, -0.05) is 41.9 Å². The molecule has 6 heterocycles. The minimum Gasteiger partial charge on any atom is -0.362 e. The van der Waals surface area contributed by atoms with E-state index in [0.717, 1.165) is 74.9 Å². The lowest BCUT2D eigenvalue weighted by molar-refractivity contribution is 0.249. The highest BCUT2D eigenvalue weighted by atomic mass is 35.5. The minimum absolute atomic E-state index is 0.325. The molecule has 9 nitrogen and oxygen atoms in total. The third-order valence-electron chi connectivity index (χ3n) is 8.72. The molecule has 2 aliphatic heterocycles. The van der Waals surface area contributed by atoms with Crippen LogP contribution in [-0.2, 0) is 19.6 Å². The molecule has 0 amide bonds. The lowest BCUT2D eigenvalue weighted by Crippen LogP contribution is -2.46. The van der Waals surface area contributed by atoms with Crippen LogP contribution in [0.15, 0.2) is 85.2 Å². The third-order valence-corrected chi connectivity index (χ3v) is 8.95. The number of pyridine rings is 2. The molecule has 0 atom stereocenters. The van der Waals surface area contributed by atoms with Gasteiger partial charge in [0.05, 0.1) is 47.4 Å². The van der Waals surface area contributed by atoms with Gasteiger partial charge in [0.2, 0.25) is 0 Å². The second-order valence-electron chi connectivity index (χ2n) is 11.6. The number of aromatic amines is 1. The number of fused-ring (bicyclic) bond motifs is 2. The maximum Gasteiger partial charge on any atom is 0.151 e. The average molecular weight is 620 g/mol. The van der Waals surface area contributed by atoms with Crippen molar-refractivity contribution in [3.05, 3.63) is 107 Å². The Hall–Kier alpha value is -4.80. The summed E-state index contributed by atoms with van der Waals surface area (Å²) in [4.78, 5) is 16.9. The number of aromatic nitrogens is 6. The second-order valence-corrected chi connectivity index (χ2v) is 12.0. The number of piperazine rings is 1. The summed E-state index contributed by atoms with van der Waals surface area (Å²) in [6.45, 7) is 7.35. The van der Waals surface area contributed by atoms with Crippen molar-refractivity contribution >= 4 is 34.1 Å². The summed E-state index contributed by atoms with van der Waals surface area (Å²) in [6, 6.07) is 23.3. The molecule has 6 aromatic rings. The van der Waals surface area contributed by atoms with E-state index in [9.17, 15) is 4.39 Å². The number of rotatable bonds is 6. The number of nitrogens with zero attached hydrogens (tertiary/aromatic N) is 8. The number of halogens is 2. The normalized spacial score (nSPS) is 15.5. The molecular formula is C34H31ClFN9. The standard InChI is InChI=1S/C34H31ClFN9/c35-24-6-7-29(36)27(16-24)34-28(20-38-40-34)30-8-9-31-32(39-30)17-25(19-37-31)44-14-15-45-26(22-44)18-33(41-45)43-12-10-42(11-13-43)21-23-4-2-1-3-5-23/h1-9,16-20H,10-15,21-22H2,(H,38,40). The van der Waals surface area contributed by atoms with Gasteiger partial charge in [0.15, 0.2) is 5.82 Å². The Bertz CT molecular complexity index is 1980. The predicted octanol–water partition coefficient (Wildman–Crippen LogP) is 6.02. The van der Waals surface area contributed by atoms with Crippen LogP contribution in [0.3, 0.4) is 0 Å². The topological polar surface area (TPSA) is 82.0 Å². The summed E-state index contributed by atoms with van der Waals surface area (Å²) >= 11 is 6.16. The predicted molar refractivity (Wildman–Crippen MR) is 175 cm³/mol. The summed E-state index contributed by atoms with van der Waals surface area (Å²) in [5.41, 5.74) is 7.26. The molecule has 0 saturated carbocycles. The largest absolute Gasteiger partial charge is 0.362 e. The number of H-pyrrole nitrogens is 1. The quantitative estimate of drug-likeness (QED) is 0.244. The Morgan fingerprint density at radius 3 is 2.53 bits per heavy atom. The van der Waals surface area contributed by atoms with Crippen LogP contribution in [0.2, 0.25) is 5.02 Å². The monoisotopic (exact) mass is 619 g/mol. The van der Waals surface area contributed by atoms with E-state index in [1.165, 1.54) is 23.4 Å². The number of anilines is 2. The lowest BCUT2D eigenvalue weighted by Gasteiger charge is -2.34. The first-order chi connectivity index (χ1) is 22.1. The maximum atomic E-state index is 14.7. The molecule has 11 heteroatoms. The molecule has 2 aliphatic rings. The molecule has 8 rings (SSSR count). The van der Waals surface area contributed by atoms with Crippen LogP contribution in [0.1, 0.15) is 11.3 Å². The van der Waals surface area contributed by atoms with Crippen LogP contribution < -0.4 is 9.80 Å². The van der Waals surface area contributed by atoms with Crippen LogP contribution in [-0.4, -0.2) is 67.6 Å². The van der Waals surface area contributed by atoms with E-state index in [0.29, 0.717) is 27.5 Å².